The lowest BCUT2D eigenvalue weighted by Gasteiger charge is -2.13. The van der Waals surface area contributed by atoms with Gasteiger partial charge in [-0.25, -0.2) is 0 Å². The molecular weight excluding hydrogens is 202 g/mol. The van der Waals surface area contributed by atoms with Gasteiger partial charge in [0.25, 0.3) is 0 Å². The van der Waals surface area contributed by atoms with Crippen LogP contribution in [0.4, 0.5) is 10.5 Å². The maximum Gasteiger partial charge on any atom is 0.318 e. The van der Waals surface area contributed by atoms with Crippen molar-refractivity contribution < 1.29 is 9.53 Å². The molecule has 3 nitrogen and oxygen atoms in total. The van der Waals surface area contributed by atoms with Gasteiger partial charge in [-0.1, -0.05) is 12.1 Å². The molecule has 0 aliphatic carbocycles. The zero-order valence-electron chi connectivity index (χ0n) is 8.08. The number of hydrogen-bond donors (Lipinski definition) is 1. The molecule has 1 aromatic carbocycles. The predicted octanol–water partition coefficient (Wildman–Crippen LogP) is 3.24. The predicted molar refractivity (Wildman–Crippen MR) is 57.1 cm³/mol. The second-order valence-electron chi connectivity index (χ2n) is 3.06. The second-order valence-corrected chi connectivity index (χ2v) is 3.40. The summed E-state index contributed by atoms with van der Waals surface area (Å²) in [7, 11) is 0. The summed E-state index contributed by atoms with van der Waals surface area (Å²) in [6.45, 7) is 3.83. The zero-order valence-corrected chi connectivity index (χ0v) is 8.84. The third-order valence-electron chi connectivity index (χ3n) is 1.48. The molecule has 0 unspecified atom stereocenters. The Hall–Kier alpha value is -1.22. The van der Waals surface area contributed by atoms with Crippen LogP contribution in [0.25, 0.3) is 0 Å². The van der Waals surface area contributed by atoms with Crippen LogP contribution in [0.15, 0.2) is 24.3 Å². The fourth-order valence-corrected chi connectivity index (χ4v) is 1.13. The highest BCUT2D eigenvalue weighted by molar-refractivity contribution is 6.65. The van der Waals surface area contributed by atoms with E-state index in [2.05, 4.69) is 5.32 Å². The van der Waals surface area contributed by atoms with Crippen LogP contribution in [0.5, 0.6) is 5.75 Å². The van der Waals surface area contributed by atoms with Crippen LogP contribution in [-0.4, -0.2) is 11.5 Å². The van der Waals surface area contributed by atoms with E-state index in [1.54, 1.807) is 18.2 Å². The standard InChI is InChI=1S/C10H12ClNO2/c1-7(2)14-9-6-4-3-5-8(9)12-10(11)13/h3-7H,1-2H3,(H,12,13). The van der Waals surface area contributed by atoms with Gasteiger partial charge in [0.2, 0.25) is 0 Å². The molecule has 1 rings (SSSR count). The van der Waals surface area contributed by atoms with Crippen molar-refractivity contribution in [2.45, 2.75) is 20.0 Å². The largest absolute Gasteiger partial charge is 0.489 e. The van der Waals surface area contributed by atoms with Crippen LogP contribution < -0.4 is 10.1 Å². The molecular formula is C10H12ClNO2. The molecule has 0 atom stereocenters. The quantitative estimate of drug-likeness (QED) is 0.618. The number of carbonyl (C=O) groups is 1. The Bertz CT molecular complexity index is 326. The molecule has 0 aromatic heterocycles. The Morgan fingerprint density at radius 3 is 2.64 bits per heavy atom. The van der Waals surface area contributed by atoms with E-state index >= 15 is 0 Å². The molecule has 0 bridgehead atoms. The Morgan fingerprint density at radius 1 is 1.43 bits per heavy atom. The van der Waals surface area contributed by atoms with E-state index in [0.717, 1.165) is 0 Å². The molecule has 0 heterocycles. The maximum atomic E-state index is 10.6. The first-order chi connectivity index (χ1) is 6.59. The third-order valence-corrected chi connectivity index (χ3v) is 1.58. The number of amides is 1. The number of benzene rings is 1. The van der Waals surface area contributed by atoms with Crippen molar-refractivity contribution in [2.75, 3.05) is 5.32 Å². The van der Waals surface area contributed by atoms with Gasteiger partial charge in [0.15, 0.2) is 0 Å². The van der Waals surface area contributed by atoms with Crippen molar-refractivity contribution in [2.24, 2.45) is 0 Å². The Kier molecular flexibility index (Phi) is 3.77. The summed E-state index contributed by atoms with van der Waals surface area (Å²) < 4.78 is 5.47. The molecule has 1 aromatic rings. The van der Waals surface area contributed by atoms with E-state index in [1.165, 1.54) is 0 Å². The molecule has 0 radical (unpaired) electrons. The first-order valence-electron chi connectivity index (χ1n) is 4.31. The Balaban J connectivity index is 2.85. The van der Waals surface area contributed by atoms with Crippen molar-refractivity contribution >= 4 is 22.7 Å². The average Bonchev–Trinajstić information content (AvgIpc) is 2.06. The summed E-state index contributed by atoms with van der Waals surface area (Å²) >= 11 is 5.22. The molecule has 0 fully saturated rings. The lowest BCUT2D eigenvalue weighted by atomic mass is 10.3. The van der Waals surface area contributed by atoms with Gasteiger partial charge in [0.1, 0.15) is 5.75 Å². The highest BCUT2D eigenvalue weighted by atomic mass is 35.5. The Morgan fingerprint density at radius 2 is 2.07 bits per heavy atom. The van der Waals surface area contributed by atoms with Crippen LogP contribution in [0.1, 0.15) is 13.8 Å². The van der Waals surface area contributed by atoms with Crippen molar-refractivity contribution in [3.63, 3.8) is 0 Å². The van der Waals surface area contributed by atoms with Gasteiger partial charge in [-0.3, -0.25) is 4.79 Å². The normalized spacial score (nSPS) is 10.0. The minimum atomic E-state index is -0.621. The first kappa shape index (κ1) is 10.9. The van der Waals surface area contributed by atoms with Crippen LogP contribution in [-0.2, 0) is 0 Å². The number of carbonyl (C=O) groups excluding carboxylic acids is 1. The number of ether oxygens (including phenoxy) is 1. The average molecular weight is 214 g/mol. The van der Waals surface area contributed by atoms with E-state index in [9.17, 15) is 4.79 Å². The molecule has 1 amide bonds. The molecule has 0 aliphatic rings. The second kappa shape index (κ2) is 4.86. The number of halogens is 1. The Labute approximate surface area is 88.0 Å². The molecule has 76 valence electrons. The maximum absolute atomic E-state index is 10.6. The molecule has 0 saturated carbocycles. The molecule has 0 saturated heterocycles. The number of para-hydroxylation sites is 2. The molecule has 4 heteroatoms. The lowest BCUT2D eigenvalue weighted by molar-refractivity contribution is 0.243. The molecule has 1 N–H and O–H groups in total. The number of hydrogen-bond acceptors (Lipinski definition) is 2. The lowest BCUT2D eigenvalue weighted by Crippen LogP contribution is -2.09. The van der Waals surface area contributed by atoms with Crippen LogP contribution >= 0.6 is 11.6 Å². The number of anilines is 1. The van der Waals surface area contributed by atoms with Crippen LogP contribution in [0, 0.1) is 0 Å². The minimum Gasteiger partial charge on any atom is -0.489 e. The molecule has 14 heavy (non-hydrogen) atoms. The number of rotatable bonds is 3. The van der Waals surface area contributed by atoms with Crippen molar-refractivity contribution in [3.05, 3.63) is 24.3 Å². The minimum absolute atomic E-state index is 0.0587. The van der Waals surface area contributed by atoms with Gasteiger partial charge in [0, 0.05) is 0 Å². The first-order valence-corrected chi connectivity index (χ1v) is 4.69. The summed E-state index contributed by atoms with van der Waals surface area (Å²) in [5, 5.41) is 1.86. The van der Waals surface area contributed by atoms with Crippen LogP contribution in [0.3, 0.4) is 0 Å². The van der Waals surface area contributed by atoms with Gasteiger partial charge < -0.3 is 10.1 Å². The van der Waals surface area contributed by atoms with Gasteiger partial charge in [-0.15, -0.1) is 0 Å². The summed E-state index contributed by atoms with van der Waals surface area (Å²) in [5.74, 6) is 0.622. The topological polar surface area (TPSA) is 38.3 Å². The fourth-order valence-electron chi connectivity index (χ4n) is 1.03. The van der Waals surface area contributed by atoms with Gasteiger partial charge in [-0.2, -0.15) is 0 Å². The van der Waals surface area contributed by atoms with Crippen molar-refractivity contribution in [3.8, 4) is 5.75 Å². The van der Waals surface area contributed by atoms with E-state index < -0.39 is 5.37 Å². The van der Waals surface area contributed by atoms with E-state index in [1.807, 2.05) is 19.9 Å². The number of nitrogens with one attached hydrogen (secondary N) is 1. The van der Waals surface area contributed by atoms with Gasteiger partial charge in [0.05, 0.1) is 11.8 Å². The smallest absolute Gasteiger partial charge is 0.318 e. The monoisotopic (exact) mass is 213 g/mol. The molecule has 0 aliphatic heterocycles. The van der Waals surface area contributed by atoms with E-state index in [0.29, 0.717) is 11.4 Å². The summed E-state index contributed by atoms with van der Waals surface area (Å²) in [4.78, 5) is 10.6. The SMILES string of the molecule is CC(C)Oc1ccccc1NC(=O)Cl. The fraction of sp³-hybridized carbons (Fsp3) is 0.300. The molecule has 0 spiro atoms. The van der Waals surface area contributed by atoms with Crippen LogP contribution in [0.2, 0.25) is 0 Å². The van der Waals surface area contributed by atoms with Gasteiger partial charge in [-0.05, 0) is 37.6 Å². The highest BCUT2D eigenvalue weighted by Gasteiger charge is 2.06. The summed E-state index contributed by atoms with van der Waals surface area (Å²) in [5.41, 5.74) is 0.584. The van der Waals surface area contributed by atoms with Gasteiger partial charge >= 0.3 is 5.37 Å². The third kappa shape index (κ3) is 3.26. The summed E-state index contributed by atoms with van der Waals surface area (Å²) in [6.07, 6.45) is 0.0587. The van der Waals surface area contributed by atoms with Crippen molar-refractivity contribution in [1.82, 2.24) is 0 Å². The highest BCUT2D eigenvalue weighted by Crippen LogP contribution is 2.24. The summed E-state index contributed by atoms with van der Waals surface area (Å²) in [6, 6.07) is 7.15. The zero-order chi connectivity index (χ0) is 10.6. The van der Waals surface area contributed by atoms with E-state index in [-0.39, 0.29) is 6.10 Å². The van der Waals surface area contributed by atoms with Crippen molar-refractivity contribution in [1.29, 1.82) is 0 Å². The van der Waals surface area contributed by atoms with E-state index in [4.69, 9.17) is 16.3 Å².